The van der Waals surface area contributed by atoms with Gasteiger partial charge in [-0.3, -0.25) is 4.79 Å². The van der Waals surface area contributed by atoms with Crippen LogP contribution in [0.3, 0.4) is 0 Å². The van der Waals surface area contributed by atoms with Gasteiger partial charge in [-0.15, -0.1) is 0 Å². The van der Waals surface area contributed by atoms with Gasteiger partial charge in [0.15, 0.2) is 0 Å². The Hall–Kier alpha value is -3.59. The van der Waals surface area contributed by atoms with E-state index >= 15 is 0 Å². The second-order valence-corrected chi connectivity index (χ2v) is 26.7. The maximum atomic E-state index is 13.1. The Balaban J connectivity index is 1.25. The summed E-state index contributed by atoms with van der Waals surface area (Å²) in [6.07, 6.45) is 8.44. The number of anilines is 1. The predicted octanol–water partition coefficient (Wildman–Crippen LogP) is 10.2. The van der Waals surface area contributed by atoms with Gasteiger partial charge in [0.2, 0.25) is 0 Å². The Bertz CT molecular complexity index is 1650. The zero-order valence-corrected chi connectivity index (χ0v) is 31.8. The van der Waals surface area contributed by atoms with Crippen LogP contribution in [0.1, 0.15) is 89.0 Å². The van der Waals surface area contributed by atoms with E-state index in [0.717, 1.165) is 27.8 Å². The van der Waals surface area contributed by atoms with Gasteiger partial charge in [0, 0.05) is 0 Å². The fourth-order valence-electron chi connectivity index (χ4n) is 6.89. The molecule has 8 heteroatoms. The van der Waals surface area contributed by atoms with E-state index in [1.54, 1.807) is 10.5 Å². The van der Waals surface area contributed by atoms with Crippen LogP contribution in [0.2, 0.25) is 13.3 Å². The van der Waals surface area contributed by atoms with E-state index in [0.29, 0.717) is 30.0 Å². The van der Waals surface area contributed by atoms with E-state index in [4.69, 9.17) is 9.26 Å². The summed E-state index contributed by atoms with van der Waals surface area (Å²) in [5.41, 5.74) is 4.99. The number of benzene rings is 3. The molecule has 0 saturated heterocycles. The Kier molecular flexibility index (Phi) is 12.1. The van der Waals surface area contributed by atoms with Crippen molar-refractivity contribution in [1.82, 2.24) is 5.16 Å². The Morgan fingerprint density at radius 1 is 0.854 bits per heavy atom. The number of carbonyl (C=O) groups excluding carboxylic acids is 1. The van der Waals surface area contributed by atoms with E-state index in [-0.39, 0.29) is 6.61 Å². The summed E-state index contributed by atoms with van der Waals surface area (Å²) in [6.45, 7) is 8.89. The first-order chi connectivity index (χ1) is 23.2. The molecule has 1 saturated carbocycles. The molecule has 0 bridgehead atoms. The number of aromatic nitrogens is 1. The molecule has 0 aliphatic heterocycles. The SMILES string of the molecule is CCC[CH2][Sn]([CH2]CCC)([CH2]CCC)[c]1cccc(COC(=O)Nc2c(C)noc2-c2ccc(-c3ccc(C4(C(=O)O)CC4)cc3)cc2)c1. The molecule has 0 spiro atoms. The normalized spacial score (nSPS) is 13.7. The van der Waals surface area contributed by atoms with Crippen LogP contribution in [0.4, 0.5) is 10.5 Å². The molecule has 5 rings (SSSR count). The summed E-state index contributed by atoms with van der Waals surface area (Å²) in [5.74, 6) is -0.289. The van der Waals surface area contributed by atoms with E-state index < -0.39 is 35.9 Å². The number of nitrogens with zero attached hydrogens (tertiary/aromatic N) is 1. The molecule has 254 valence electrons. The van der Waals surface area contributed by atoms with E-state index in [1.165, 1.54) is 51.8 Å². The third kappa shape index (κ3) is 8.16. The molecule has 48 heavy (non-hydrogen) atoms. The number of ether oxygens (including phenoxy) is 1. The van der Waals surface area contributed by atoms with Crippen LogP contribution in [-0.4, -0.2) is 40.7 Å². The summed E-state index contributed by atoms with van der Waals surface area (Å²) in [6, 6.07) is 24.5. The van der Waals surface area contributed by atoms with E-state index in [2.05, 4.69) is 55.5 Å². The quantitative estimate of drug-likeness (QED) is 0.104. The molecule has 0 radical (unpaired) electrons. The number of hydrogen-bond donors (Lipinski definition) is 2. The molecule has 1 aliphatic rings. The molecule has 4 aromatic rings. The zero-order valence-electron chi connectivity index (χ0n) is 28.9. The number of aliphatic carboxylic acids is 1. The number of carboxylic acids is 1. The van der Waals surface area contributed by atoms with Crippen molar-refractivity contribution in [2.75, 3.05) is 5.32 Å². The number of carboxylic acid groups (broad SMARTS) is 1. The Morgan fingerprint density at radius 3 is 1.96 bits per heavy atom. The van der Waals surface area contributed by atoms with Crippen molar-refractivity contribution in [2.45, 2.75) is 104 Å². The monoisotopic (exact) mass is 758 g/mol. The molecule has 0 atom stereocenters. The number of nitrogens with one attached hydrogen (secondary N) is 1. The van der Waals surface area contributed by atoms with Crippen LogP contribution in [-0.2, 0) is 21.6 Å². The summed E-state index contributed by atoms with van der Waals surface area (Å²) < 4.78 is 17.2. The zero-order chi connectivity index (χ0) is 34.1. The van der Waals surface area contributed by atoms with Gasteiger partial charge in [-0.2, -0.15) is 0 Å². The molecule has 0 unspecified atom stereocenters. The summed E-state index contributed by atoms with van der Waals surface area (Å²) >= 11 is -2.60. The molecule has 1 heterocycles. The number of unbranched alkanes of at least 4 members (excludes halogenated alkanes) is 3. The predicted molar refractivity (Wildman–Crippen MR) is 195 cm³/mol. The summed E-state index contributed by atoms with van der Waals surface area (Å²) in [4.78, 5) is 24.8. The van der Waals surface area contributed by atoms with Crippen molar-refractivity contribution in [3.63, 3.8) is 0 Å². The minimum absolute atomic E-state index is 0.206. The van der Waals surface area contributed by atoms with Crippen LogP contribution < -0.4 is 8.90 Å². The number of amides is 1. The van der Waals surface area contributed by atoms with Crippen LogP contribution in [0.25, 0.3) is 22.5 Å². The molecule has 3 aromatic carbocycles. The van der Waals surface area contributed by atoms with Gasteiger partial charge in [0.05, 0.1) is 5.41 Å². The maximum absolute atomic E-state index is 13.1. The van der Waals surface area contributed by atoms with Crippen molar-refractivity contribution < 1.29 is 24.0 Å². The van der Waals surface area contributed by atoms with E-state index in [1.807, 2.05) is 48.5 Å². The molecule has 1 aromatic heterocycles. The molecule has 1 fully saturated rings. The fraction of sp³-hybridized carbons (Fsp3) is 0.425. The molecule has 1 aliphatic carbocycles. The first-order valence-corrected chi connectivity index (χ1v) is 25.2. The number of rotatable bonds is 17. The van der Waals surface area contributed by atoms with E-state index in [9.17, 15) is 14.7 Å². The van der Waals surface area contributed by atoms with Gasteiger partial charge < -0.3 is 5.11 Å². The van der Waals surface area contributed by atoms with Gasteiger partial charge >= 0.3 is 221 Å². The van der Waals surface area contributed by atoms with Crippen molar-refractivity contribution in [3.8, 4) is 22.5 Å². The number of hydrogen-bond acceptors (Lipinski definition) is 5. The number of carbonyl (C=O) groups is 2. The minimum atomic E-state index is -2.60. The first kappa shape index (κ1) is 35.7. The second-order valence-electron chi connectivity index (χ2n) is 13.5. The second kappa shape index (κ2) is 16.2. The van der Waals surface area contributed by atoms with Gasteiger partial charge in [0.25, 0.3) is 0 Å². The van der Waals surface area contributed by atoms with Crippen molar-refractivity contribution in [1.29, 1.82) is 0 Å². The van der Waals surface area contributed by atoms with Crippen LogP contribution in [0.15, 0.2) is 77.3 Å². The number of aryl methyl sites for hydroxylation is 1. The average molecular weight is 758 g/mol. The molecule has 7 nitrogen and oxygen atoms in total. The Labute approximate surface area is 289 Å². The molecular weight excluding hydrogens is 707 g/mol. The Morgan fingerprint density at radius 2 is 1.42 bits per heavy atom. The van der Waals surface area contributed by atoms with Crippen LogP contribution >= 0.6 is 0 Å². The van der Waals surface area contributed by atoms with Crippen molar-refractivity contribution >= 4 is 39.7 Å². The van der Waals surface area contributed by atoms with Crippen molar-refractivity contribution in [2.24, 2.45) is 0 Å². The van der Waals surface area contributed by atoms with Gasteiger partial charge in [-0.1, -0.05) is 24.3 Å². The van der Waals surface area contributed by atoms with Crippen LogP contribution in [0, 0.1) is 6.92 Å². The third-order valence-corrected chi connectivity index (χ3v) is 25.7. The molecule has 1 amide bonds. The van der Waals surface area contributed by atoms with Crippen LogP contribution in [0.5, 0.6) is 0 Å². The van der Waals surface area contributed by atoms with Gasteiger partial charge in [-0.25, -0.2) is 0 Å². The standard InChI is InChI=1S/C28H23N2O5.3C4H9.Sn/c1-18-24(29-27(33)34-17-19-5-3-2-4-6-19)25(35-30-18)22-9-7-20(8-10-22)21-11-13-23(14-12-21)28(15-16-28)26(31)32;3*1-3-4-2;/h2-3,5-14H,15-17H2,1H3,(H,29,33)(H,31,32);3*1,3-4H2,2H3;. The van der Waals surface area contributed by atoms with Gasteiger partial charge in [0.1, 0.15) is 0 Å². The topological polar surface area (TPSA) is 102 Å². The molecule has 2 N–H and O–H groups in total. The summed E-state index contributed by atoms with van der Waals surface area (Å²) in [7, 11) is 0. The van der Waals surface area contributed by atoms with Crippen molar-refractivity contribution in [3.05, 3.63) is 89.6 Å². The van der Waals surface area contributed by atoms with Gasteiger partial charge in [-0.05, 0) is 29.5 Å². The third-order valence-electron chi connectivity index (χ3n) is 10.1. The fourth-order valence-corrected chi connectivity index (χ4v) is 23.0. The first-order valence-electron chi connectivity index (χ1n) is 17.7. The molecular formula is C40H50N2O5Sn. The summed E-state index contributed by atoms with van der Waals surface area (Å²) in [5, 5.41) is 16.6. The average Bonchev–Trinajstić information content (AvgIpc) is 3.86.